The van der Waals surface area contributed by atoms with Crippen LogP contribution in [-0.4, -0.2) is 40.3 Å². The Bertz CT molecular complexity index is 837. The Kier molecular flexibility index (Phi) is 3.52. The summed E-state index contributed by atoms with van der Waals surface area (Å²) in [7, 11) is 1.63. The van der Waals surface area contributed by atoms with Gasteiger partial charge in [0.15, 0.2) is 0 Å². The van der Waals surface area contributed by atoms with Crippen LogP contribution in [-0.2, 0) is 22.6 Å². The van der Waals surface area contributed by atoms with E-state index in [0.29, 0.717) is 32.4 Å². The van der Waals surface area contributed by atoms with Crippen LogP contribution in [0.2, 0.25) is 0 Å². The third-order valence-corrected chi connectivity index (χ3v) is 5.11. The highest BCUT2D eigenvalue weighted by Crippen LogP contribution is 2.47. The van der Waals surface area contributed by atoms with Crippen molar-refractivity contribution < 1.29 is 14.3 Å². The number of imidazole rings is 1. The highest BCUT2D eigenvalue weighted by molar-refractivity contribution is 6.07. The molecule has 1 aromatic carbocycles. The summed E-state index contributed by atoms with van der Waals surface area (Å²) < 4.78 is 5.17. The van der Waals surface area contributed by atoms with E-state index in [1.807, 2.05) is 24.3 Å². The summed E-state index contributed by atoms with van der Waals surface area (Å²) >= 11 is 0. The van der Waals surface area contributed by atoms with Crippen LogP contribution >= 0.6 is 0 Å². The molecule has 1 aliphatic heterocycles. The van der Waals surface area contributed by atoms with Crippen LogP contribution in [0.3, 0.4) is 0 Å². The second-order valence-corrected chi connectivity index (χ2v) is 6.66. The van der Waals surface area contributed by atoms with Gasteiger partial charge in [-0.2, -0.15) is 0 Å². The maximum absolute atomic E-state index is 12.7. The smallest absolute Gasteiger partial charge is 0.238 e. The predicted octanol–water partition coefficient (Wildman–Crippen LogP) is 1.24. The summed E-state index contributed by atoms with van der Waals surface area (Å²) in [6, 6.07) is 7.66. The van der Waals surface area contributed by atoms with E-state index in [2.05, 4.69) is 9.97 Å². The lowest BCUT2D eigenvalue weighted by Gasteiger charge is -2.28. The summed E-state index contributed by atoms with van der Waals surface area (Å²) in [6.45, 7) is 1.00. The number of primary amides is 1. The van der Waals surface area contributed by atoms with E-state index in [1.54, 1.807) is 12.0 Å². The van der Waals surface area contributed by atoms with Gasteiger partial charge in [0.25, 0.3) is 0 Å². The van der Waals surface area contributed by atoms with Gasteiger partial charge in [-0.05, 0) is 37.1 Å². The first-order chi connectivity index (χ1) is 12.0. The number of H-pyrrole nitrogens is 1. The Morgan fingerprint density at radius 3 is 2.60 bits per heavy atom. The fraction of sp³-hybridized carbons (Fsp3) is 0.389. The van der Waals surface area contributed by atoms with Gasteiger partial charge in [-0.1, -0.05) is 0 Å². The topological polar surface area (TPSA) is 101 Å². The molecule has 1 fully saturated rings. The summed E-state index contributed by atoms with van der Waals surface area (Å²) in [5.41, 5.74) is 7.31. The van der Waals surface area contributed by atoms with Crippen molar-refractivity contribution in [2.75, 3.05) is 13.7 Å². The first kappa shape index (κ1) is 15.7. The number of ether oxygens (including phenoxy) is 1. The molecule has 3 N–H and O–H groups in total. The number of carbonyl (C=O) groups excluding carboxylic acids is 2. The average Bonchev–Trinajstić information content (AvgIpc) is 3.34. The molecule has 0 radical (unpaired) electrons. The van der Waals surface area contributed by atoms with Gasteiger partial charge in [-0.25, -0.2) is 4.98 Å². The number of nitrogens with zero attached hydrogens (tertiary/aromatic N) is 2. The van der Waals surface area contributed by atoms with Gasteiger partial charge in [0, 0.05) is 18.5 Å². The quantitative estimate of drug-likeness (QED) is 0.818. The van der Waals surface area contributed by atoms with E-state index in [1.165, 1.54) is 0 Å². The van der Waals surface area contributed by atoms with Crippen LogP contribution in [0.15, 0.2) is 24.3 Å². The number of amides is 2. The maximum Gasteiger partial charge on any atom is 0.238 e. The highest BCUT2D eigenvalue weighted by Gasteiger charge is 2.57. The molecule has 2 aliphatic rings. The van der Waals surface area contributed by atoms with Crippen molar-refractivity contribution in [1.29, 1.82) is 0 Å². The molecule has 2 heterocycles. The van der Waals surface area contributed by atoms with Gasteiger partial charge < -0.3 is 20.4 Å². The van der Waals surface area contributed by atoms with Gasteiger partial charge in [0.2, 0.25) is 11.8 Å². The molecule has 0 bridgehead atoms. The Balaban J connectivity index is 1.55. The lowest BCUT2D eigenvalue weighted by Crippen LogP contribution is -2.45. The SMILES string of the molecule is COc1ccc(-c2nc3c([nH]2)CN(C(=O)C2(C(N)=O)CC2)CC3)cc1. The molecule has 0 saturated heterocycles. The van der Waals surface area contributed by atoms with Gasteiger partial charge in [-0.15, -0.1) is 0 Å². The Morgan fingerprint density at radius 2 is 2.00 bits per heavy atom. The predicted molar refractivity (Wildman–Crippen MR) is 90.6 cm³/mol. The first-order valence-electron chi connectivity index (χ1n) is 8.35. The average molecular weight is 340 g/mol. The minimum absolute atomic E-state index is 0.147. The van der Waals surface area contributed by atoms with E-state index < -0.39 is 11.3 Å². The lowest BCUT2D eigenvalue weighted by atomic mass is 10.0. The van der Waals surface area contributed by atoms with E-state index in [9.17, 15) is 9.59 Å². The first-order valence-corrected chi connectivity index (χ1v) is 8.35. The van der Waals surface area contributed by atoms with Crippen LogP contribution in [0.4, 0.5) is 0 Å². The largest absolute Gasteiger partial charge is 0.497 e. The van der Waals surface area contributed by atoms with Crippen molar-refractivity contribution >= 4 is 11.8 Å². The second kappa shape index (κ2) is 5.61. The molecule has 7 heteroatoms. The Labute approximate surface area is 145 Å². The lowest BCUT2D eigenvalue weighted by molar-refractivity contribution is -0.143. The van der Waals surface area contributed by atoms with E-state index >= 15 is 0 Å². The monoisotopic (exact) mass is 340 g/mol. The van der Waals surface area contributed by atoms with Gasteiger partial charge >= 0.3 is 0 Å². The number of nitrogens with two attached hydrogens (primary N) is 1. The molecular formula is C18H20N4O3. The van der Waals surface area contributed by atoms with Crippen molar-refractivity contribution in [1.82, 2.24) is 14.9 Å². The zero-order chi connectivity index (χ0) is 17.6. The molecule has 7 nitrogen and oxygen atoms in total. The normalized spacial score (nSPS) is 17.7. The molecule has 1 aromatic heterocycles. The molecule has 2 aromatic rings. The highest BCUT2D eigenvalue weighted by atomic mass is 16.5. The van der Waals surface area contributed by atoms with Crippen LogP contribution in [0.5, 0.6) is 5.75 Å². The molecule has 130 valence electrons. The molecule has 0 atom stereocenters. The summed E-state index contributed by atoms with van der Waals surface area (Å²) in [6.07, 6.45) is 1.79. The standard InChI is InChI=1S/C18H20N4O3/c1-25-12-4-2-11(3-5-12)15-20-13-6-9-22(10-14(13)21-15)17(24)18(7-8-18)16(19)23/h2-5H,6-10H2,1H3,(H2,19,23)(H,20,21). The van der Waals surface area contributed by atoms with E-state index in [4.69, 9.17) is 10.5 Å². The molecule has 2 amide bonds. The molecule has 1 aliphatic carbocycles. The second-order valence-electron chi connectivity index (χ2n) is 6.66. The number of nitrogens with one attached hydrogen (secondary N) is 1. The van der Waals surface area contributed by atoms with Gasteiger partial charge in [0.1, 0.15) is 17.0 Å². The van der Waals surface area contributed by atoms with Crippen molar-refractivity contribution in [3.8, 4) is 17.1 Å². The van der Waals surface area contributed by atoms with E-state index in [-0.39, 0.29) is 5.91 Å². The van der Waals surface area contributed by atoms with Crippen LogP contribution in [0, 0.1) is 5.41 Å². The van der Waals surface area contributed by atoms with Crippen LogP contribution < -0.4 is 10.5 Å². The van der Waals surface area contributed by atoms with E-state index in [0.717, 1.165) is 28.5 Å². The van der Waals surface area contributed by atoms with Gasteiger partial charge in [-0.3, -0.25) is 9.59 Å². The zero-order valence-electron chi connectivity index (χ0n) is 14.0. The maximum atomic E-state index is 12.7. The fourth-order valence-corrected chi connectivity index (χ4v) is 3.35. The molecule has 25 heavy (non-hydrogen) atoms. The van der Waals surface area contributed by atoms with Crippen molar-refractivity contribution in [2.45, 2.75) is 25.8 Å². The number of aromatic amines is 1. The molecular weight excluding hydrogens is 320 g/mol. The van der Waals surface area contributed by atoms with Gasteiger partial charge in [0.05, 0.1) is 25.0 Å². The Morgan fingerprint density at radius 1 is 1.28 bits per heavy atom. The number of carbonyl (C=O) groups is 2. The number of rotatable bonds is 4. The number of hydrogen-bond donors (Lipinski definition) is 2. The zero-order valence-corrected chi connectivity index (χ0v) is 14.0. The third-order valence-electron chi connectivity index (χ3n) is 5.11. The van der Waals surface area contributed by atoms with Crippen LogP contribution in [0.25, 0.3) is 11.4 Å². The number of hydrogen-bond acceptors (Lipinski definition) is 4. The van der Waals surface area contributed by atoms with Crippen molar-refractivity contribution in [3.63, 3.8) is 0 Å². The number of benzene rings is 1. The van der Waals surface area contributed by atoms with Crippen LogP contribution in [0.1, 0.15) is 24.2 Å². The summed E-state index contributed by atoms with van der Waals surface area (Å²) in [5, 5.41) is 0. The third kappa shape index (κ3) is 2.56. The molecule has 1 saturated carbocycles. The number of fused-ring (bicyclic) bond motifs is 1. The molecule has 4 rings (SSSR count). The minimum Gasteiger partial charge on any atom is -0.497 e. The van der Waals surface area contributed by atoms with Crippen molar-refractivity contribution in [2.24, 2.45) is 11.1 Å². The summed E-state index contributed by atoms with van der Waals surface area (Å²) in [5.74, 6) is 0.911. The molecule has 0 spiro atoms. The molecule has 0 unspecified atom stereocenters. The summed E-state index contributed by atoms with van der Waals surface area (Å²) in [4.78, 5) is 33.9. The fourth-order valence-electron chi connectivity index (χ4n) is 3.35. The Hall–Kier alpha value is -2.83. The number of aromatic nitrogens is 2. The minimum atomic E-state index is -0.962. The van der Waals surface area contributed by atoms with Crippen molar-refractivity contribution in [3.05, 3.63) is 35.7 Å². The number of methoxy groups -OCH3 is 1.